The number of nitrogens with zero attached hydrogens (tertiary/aromatic N) is 1. The van der Waals surface area contributed by atoms with Gasteiger partial charge in [0.05, 0.1) is 12.6 Å². The van der Waals surface area contributed by atoms with Crippen LogP contribution >= 0.6 is 15.9 Å². The van der Waals surface area contributed by atoms with Crippen molar-refractivity contribution in [1.29, 1.82) is 0 Å². The SMILES string of the molecule is COC(=O)C(C(=O)c1nc2ccccc2cc1Br)C(C)C. The Labute approximate surface area is 131 Å². The Balaban J connectivity index is 2.51. The van der Waals surface area contributed by atoms with Crippen LogP contribution in [0.3, 0.4) is 0 Å². The van der Waals surface area contributed by atoms with Crippen molar-refractivity contribution in [1.82, 2.24) is 4.98 Å². The number of carbonyl (C=O) groups is 2. The number of halogens is 1. The number of rotatable bonds is 4. The molecule has 4 nitrogen and oxygen atoms in total. The van der Waals surface area contributed by atoms with Crippen molar-refractivity contribution < 1.29 is 14.3 Å². The van der Waals surface area contributed by atoms with Gasteiger partial charge < -0.3 is 4.74 Å². The third-order valence-electron chi connectivity index (χ3n) is 3.32. The van der Waals surface area contributed by atoms with E-state index in [0.717, 1.165) is 10.9 Å². The first-order valence-electron chi connectivity index (χ1n) is 6.63. The summed E-state index contributed by atoms with van der Waals surface area (Å²) in [5.74, 6) is -1.86. The lowest BCUT2D eigenvalue weighted by molar-refractivity contribution is -0.144. The molecule has 2 rings (SSSR count). The molecule has 0 bridgehead atoms. The molecule has 0 saturated carbocycles. The lowest BCUT2D eigenvalue weighted by Crippen LogP contribution is -2.30. The van der Waals surface area contributed by atoms with E-state index in [1.54, 1.807) is 0 Å². The Morgan fingerprint density at radius 2 is 1.90 bits per heavy atom. The fraction of sp³-hybridized carbons (Fsp3) is 0.312. The van der Waals surface area contributed by atoms with Gasteiger partial charge in [0.1, 0.15) is 11.6 Å². The lowest BCUT2D eigenvalue weighted by Gasteiger charge is -2.17. The first kappa shape index (κ1) is 15.6. The van der Waals surface area contributed by atoms with E-state index in [2.05, 4.69) is 20.9 Å². The van der Waals surface area contributed by atoms with Gasteiger partial charge in [-0.2, -0.15) is 0 Å². The molecule has 0 amide bonds. The van der Waals surface area contributed by atoms with Gasteiger partial charge in [0.15, 0.2) is 5.78 Å². The van der Waals surface area contributed by atoms with Crippen molar-refractivity contribution in [3.63, 3.8) is 0 Å². The van der Waals surface area contributed by atoms with E-state index >= 15 is 0 Å². The number of hydrogen-bond donors (Lipinski definition) is 0. The first-order chi connectivity index (χ1) is 9.95. The van der Waals surface area contributed by atoms with Crippen LogP contribution in [0.1, 0.15) is 24.3 Å². The van der Waals surface area contributed by atoms with Crippen LogP contribution in [-0.4, -0.2) is 23.8 Å². The standard InChI is InChI=1S/C16H16BrNO3/c1-9(2)13(16(20)21-3)15(19)14-11(17)8-10-6-4-5-7-12(10)18-14/h4-9,13H,1-3H3. The van der Waals surface area contributed by atoms with Crippen LogP contribution in [0.4, 0.5) is 0 Å². The molecule has 2 aromatic rings. The van der Waals surface area contributed by atoms with Gasteiger partial charge in [-0.05, 0) is 34.0 Å². The minimum Gasteiger partial charge on any atom is -0.468 e. The Bertz CT molecular complexity index is 697. The summed E-state index contributed by atoms with van der Waals surface area (Å²) in [7, 11) is 1.29. The summed E-state index contributed by atoms with van der Waals surface area (Å²) in [6.45, 7) is 3.63. The molecule has 1 unspecified atom stereocenters. The molecule has 0 aliphatic rings. The van der Waals surface area contributed by atoms with Crippen molar-refractivity contribution in [3.8, 4) is 0 Å². The Morgan fingerprint density at radius 3 is 2.52 bits per heavy atom. The average Bonchev–Trinajstić information content (AvgIpc) is 2.45. The molecule has 0 aliphatic carbocycles. The summed E-state index contributed by atoms with van der Waals surface area (Å²) in [5.41, 5.74) is 0.981. The van der Waals surface area contributed by atoms with Gasteiger partial charge in [0.25, 0.3) is 0 Å². The Morgan fingerprint density at radius 1 is 1.24 bits per heavy atom. The topological polar surface area (TPSA) is 56.3 Å². The number of aromatic nitrogens is 1. The molecular formula is C16H16BrNO3. The third kappa shape index (κ3) is 3.13. The number of carbonyl (C=O) groups excluding carboxylic acids is 2. The summed E-state index contributed by atoms with van der Waals surface area (Å²) < 4.78 is 5.32. The summed E-state index contributed by atoms with van der Waals surface area (Å²) in [6, 6.07) is 9.36. The maximum absolute atomic E-state index is 12.7. The molecule has 1 heterocycles. The molecule has 0 aliphatic heterocycles. The van der Waals surface area contributed by atoms with Crippen LogP contribution in [0.25, 0.3) is 10.9 Å². The second-order valence-corrected chi connectivity index (χ2v) is 5.97. The van der Waals surface area contributed by atoms with Gasteiger partial charge in [-0.1, -0.05) is 32.0 Å². The van der Waals surface area contributed by atoms with Gasteiger partial charge in [0, 0.05) is 9.86 Å². The Hall–Kier alpha value is -1.75. The molecule has 1 aromatic heterocycles. The maximum atomic E-state index is 12.7. The molecule has 0 fully saturated rings. The van der Waals surface area contributed by atoms with E-state index in [9.17, 15) is 9.59 Å². The zero-order chi connectivity index (χ0) is 15.6. The van der Waals surface area contributed by atoms with Crippen LogP contribution in [0.5, 0.6) is 0 Å². The highest BCUT2D eigenvalue weighted by atomic mass is 79.9. The number of ketones is 1. The van der Waals surface area contributed by atoms with Crippen LogP contribution in [-0.2, 0) is 9.53 Å². The number of Topliss-reactive ketones (excluding diaryl/α,β-unsaturated/α-hetero) is 1. The molecule has 0 saturated heterocycles. The van der Waals surface area contributed by atoms with Crippen LogP contribution in [0, 0.1) is 11.8 Å². The summed E-state index contributed by atoms with van der Waals surface area (Å²) in [5, 5.41) is 0.931. The van der Waals surface area contributed by atoms with E-state index in [0.29, 0.717) is 4.47 Å². The van der Waals surface area contributed by atoms with Crippen molar-refractivity contribution in [2.75, 3.05) is 7.11 Å². The quantitative estimate of drug-likeness (QED) is 0.480. The molecule has 21 heavy (non-hydrogen) atoms. The number of fused-ring (bicyclic) bond motifs is 1. The van der Waals surface area contributed by atoms with Crippen molar-refractivity contribution in [3.05, 3.63) is 40.5 Å². The average molecular weight is 350 g/mol. The molecule has 0 radical (unpaired) electrons. The maximum Gasteiger partial charge on any atom is 0.316 e. The lowest BCUT2D eigenvalue weighted by atomic mass is 9.89. The van der Waals surface area contributed by atoms with E-state index in [4.69, 9.17) is 4.74 Å². The largest absolute Gasteiger partial charge is 0.468 e. The normalized spacial score (nSPS) is 12.4. The predicted octanol–water partition coefficient (Wildman–Crippen LogP) is 3.63. The molecule has 110 valence electrons. The van der Waals surface area contributed by atoms with Gasteiger partial charge in [-0.15, -0.1) is 0 Å². The predicted molar refractivity (Wildman–Crippen MR) is 84.1 cm³/mol. The molecule has 0 N–H and O–H groups in total. The number of esters is 1. The smallest absolute Gasteiger partial charge is 0.316 e. The number of pyridine rings is 1. The van der Waals surface area contributed by atoms with Crippen LogP contribution in [0.2, 0.25) is 0 Å². The molecule has 1 aromatic carbocycles. The van der Waals surface area contributed by atoms with Gasteiger partial charge in [0.2, 0.25) is 0 Å². The zero-order valence-electron chi connectivity index (χ0n) is 12.1. The first-order valence-corrected chi connectivity index (χ1v) is 7.42. The second-order valence-electron chi connectivity index (χ2n) is 5.12. The molecular weight excluding hydrogens is 334 g/mol. The van der Waals surface area contributed by atoms with E-state index in [1.807, 2.05) is 44.2 Å². The van der Waals surface area contributed by atoms with Crippen molar-refractivity contribution in [2.24, 2.45) is 11.8 Å². The number of para-hydroxylation sites is 1. The molecule has 1 atom stereocenters. The molecule has 0 spiro atoms. The zero-order valence-corrected chi connectivity index (χ0v) is 13.7. The van der Waals surface area contributed by atoms with Gasteiger partial charge >= 0.3 is 5.97 Å². The van der Waals surface area contributed by atoms with Crippen molar-refractivity contribution in [2.45, 2.75) is 13.8 Å². The highest BCUT2D eigenvalue weighted by Gasteiger charge is 2.33. The Kier molecular flexibility index (Phi) is 4.73. The monoisotopic (exact) mass is 349 g/mol. The fourth-order valence-electron chi connectivity index (χ4n) is 2.22. The number of hydrogen-bond acceptors (Lipinski definition) is 4. The molecule has 5 heteroatoms. The summed E-state index contributed by atoms with van der Waals surface area (Å²) in [6.07, 6.45) is 0. The summed E-state index contributed by atoms with van der Waals surface area (Å²) >= 11 is 3.37. The highest BCUT2D eigenvalue weighted by Crippen LogP contribution is 2.26. The minimum atomic E-state index is -0.847. The van der Waals surface area contributed by atoms with Crippen LogP contribution < -0.4 is 0 Å². The van der Waals surface area contributed by atoms with Gasteiger partial charge in [-0.25, -0.2) is 4.98 Å². The van der Waals surface area contributed by atoms with E-state index < -0.39 is 11.9 Å². The second kappa shape index (κ2) is 6.35. The number of ether oxygens (including phenoxy) is 1. The number of benzene rings is 1. The van der Waals surface area contributed by atoms with Crippen molar-refractivity contribution >= 4 is 38.6 Å². The van der Waals surface area contributed by atoms with Gasteiger partial charge in [-0.3, -0.25) is 9.59 Å². The number of methoxy groups -OCH3 is 1. The van der Waals surface area contributed by atoms with E-state index in [-0.39, 0.29) is 17.4 Å². The third-order valence-corrected chi connectivity index (χ3v) is 3.92. The van der Waals surface area contributed by atoms with E-state index in [1.165, 1.54) is 7.11 Å². The fourth-order valence-corrected chi connectivity index (χ4v) is 2.75. The summed E-state index contributed by atoms with van der Waals surface area (Å²) in [4.78, 5) is 28.9. The minimum absolute atomic E-state index is 0.162. The van der Waals surface area contributed by atoms with Crippen LogP contribution in [0.15, 0.2) is 34.8 Å². The highest BCUT2D eigenvalue weighted by molar-refractivity contribution is 9.10.